The molecule has 190 valence electrons. The first kappa shape index (κ1) is 27.6. The zero-order valence-electron chi connectivity index (χ0n) is 18.5. The van der Waals surface area contributed by atoms with Gasteiger partial charge in [-0.2, -0.15) is 26.3 Å². The molecule has 0 spiro atoms. The molecule has 0 fully saturated rings. The number of anilines is 1. The zero-order chi connectivity index (χ0) is 26.4. The highest BCUT2D eigenvalue weighted by atomic mass is 19.4. The predicted octanol–water partition coefficient (Wildman–Crippen LogP) is 5.09. The fourth-order valence-electron chi connectivity index (χ4n) is 2.79. The molecule has 0 saturated heterocycles. The molecule has 0 bridgehead atoms. The van der Waals surface area contributed by atoms with Crippen molar-refractivity contribution < 1.29 is 40.3 Å². The second-order valence-electron chi connectivity index (χ2n) is 7.06. The number of nitrogens with zero attached hydrogens (tertiary/aromatic N) is 2. The van der Waals surface area contributed by atoms with Crippen molar-refractivity contribution in [3.05, 3.63) is 65.1 Å². The van der Waals surface area contributed by atoms with Gasteiger partial charge in [-0.25, -0.2) is 9.18 Å². The monoisotopic (exact) mass is 506 g/mol. The average molecular weight is 506 g/mol. The number of nitrogens with two attached hydrogens (primary N) is 1. The molecule has 0 radical (unpaired) electrons. The van der Waals surface area contributed by atoms with E-state index in [1.807, 2.05) is 0 Å². The number of aliphatic imine (C=N–C) groups is 1. The molecule has 0 aliphatic heterocycles. The number of benzene rings is 2. The lowest BCUT2D eigenvalue weighted by atomic mass is 9.98. The van der Waals surface area contributed by atoms with Gasteiger partial charge in [-0.15, -0.1) is 0 Å². The number of carbonyl (C=O) groups excluding carboxylic acids is 1. The summed E-state index contributed by atoms with van der Waals surface area (Å²) < 4.78 is 99.9. The first-order valence-electron chi connectivity index (χ1n) is 9.89. The van der Waals surface area contributed by atoms with Crippen LogP contribution in [0.5, 0.6) is 5.75 Å². The van der Waals surface area contributed by atoms with Crippen LogP contribution in [0.25, 0.3) is 5.57 Å². The molecule has 2 aromatic rings. The molecule has 3 N–H and O–H groups in total. The SMILES string of the molecule is CNCCN=C/C(=C\N)c1cc(C(F)(F)F)cc(C(F)(F)F)c1OC(=O)N(C)c1ccc(F)cc1. The van der Waals surface area contributed by atoms with Gasteiger partial charge in [0, 0.05) is 42.8 Å². The van der Waals surface area contributed by atoms with E-state index in [1.54, 1.807) is 7.05 Å². The third-order valence-electron chi connectivity index (χ3n) is 4.61. The van der Waals surface area contributed by atoms with Crippen molar-refractivity contribution in [2.24, 2.45) is 10.7 Å². The molecule has 35 heavy (non-hydrogen) atoms. The molecule has 0 heterocycles. The summed E-state index contributed by atoms with van der Waals surface area (Å²) in [5.41, 5.74) is 0.981. The average Bonchev–Trinajstić information content (AvgIpc) is 2.78. The summed E-state index contributed by atoms with van der Waals surface area (Å²) in [5, 5.41) is 2.77. The molecule has 0 aliphatic carbocycles. The lowest BCUT2D eigenvalue weighted by Gasteiger charge is -2.22. The zero-order valence-corrected chi connectivity index (χ0v) is 18.5. The van der Waals surface area contributed by atoms with Crippen LogP contribution >= 0.6 is 0 Å². The minimum absolute atomic E-state index is 0.0571. The summed E-state index contributed by atoms with van der Waals surface area (Å²) in [5.74, 6) is -1.82. The van der Waals surface area contributed by atoms with Gasteiger partial charge in [0.15, 0.2) is 5.75 Å². The summed E-state index contributed by atoms with van der Waals surface area (Å²) in [6.07, 6.45) is -10.1. The maximum Gasteiger partial charge on any atom is 0.420 e. The highest BCUT2D eigenvalue weighted by Gasteiger charge is 2.41. The molecule has 0 aromatic heterocycles. The van der Waals surface area contributed by atoms with Crippen molar-refractivity contribution in [1.29, 1.82) is 0 Å². The van der Waals surface area contributed by atoms with Crippen molar-refractivity contribution in [3.63, 3.8) is 0 Å². The summed E-state index contributed by atoms with van der Waals surface area (Å²) in [7, 11) is 2.75. The fraction of sp³-hybridized carbons (Fsp3) is 0.273. The van der Waals surface area contributed by atoms with Crippen molar-refractivity contribution in [2.45, 2.75) is 12.4 Å². The van der Waals surface area contributed by atoms with E-state index >= 15 is 0 Å². The van der Waals surface area contributed by atoms with Crippen LogP contribution in [0.2, 0.25) is 0 Å². The number of hydrogen-bond acceptors (Lipinski definition) is 5. The molecule has 0 unspecified atom stereocenters. The summed E-state index contributed by atoms with van der Waals surface area (Å²) in [4.78, 5) is 17.3. The van der Waals surface area contributed by atoms with Crippen LogP contribution in [-0.2, 0) is 12.4 Å². The summed E-state index contributed by atoms with van der Waals surface area (Å²) in [6, 6.07) is 4.55. The number of halogens is 7. The Hall–Kier alpha value is -3.61. The number of likely N-dealkylation sites (N-methyl/N-ethyl adjacent to an activating group) is 1. The smallest absolute Gasteiger partial charge is 0.409 e. The third-order valence-corrected chi connectivity index (χ3v) is 4.61. The summed E-state index contributed by atoms with van der Waals surface area (Å²) >= 11 is 0. The van der Waals surface area contributed by atoms with E-state index in [9.17, 15) is 35.5 Å². The first-order chi connectivity index (χ1) is 16.3. The number of carbonyl (C=O) groups is 1. The Balaban J connectivity index is 2.66. The number of hydrogen-bond donors (Lipinski definition) is 2. The largest absolute Gasteiger partial charge is 0.420 e. The number of allylic oxidation sites excluding steroid dienone is 1. The van der Waals surface area contributed by atoms with Gasteiger partial charge in [0.05, 0.1) is 17.7 Å². The molecule has 13 heteroatoms. The molecule has 2 aromatic carbocycles. The van der Waals surface area contributed by atoms with Crippen molar-refractivity contribution in [3.8, 4) is 5.75 Å². The van der Waals surface area contributed by atoms with Gasteiger partial charge in [0.2, 0.25) is 0 Å². The topological polar surface area (TPSA) is 80.0 Å². The van der Waals surface area contributed by atoms with Gasteiger partial charge >= 0.3 is 18.4 Å². The Kier molecular flexibility index (Phi) is 8.85. The van der Waals surface area contributed by atoms with Crippen molar-refractivity contribution >= 4 is 23.6 Å². The van der Waals surface area contributed by atoms with Crippen LogP contribution < -0.4 is 20.7 Å². The highest BCUT2D eigenvalue weighted by Crippen LogP contribution is 2.44. The standard InChI is InChI=1S/C22H21F7N4O2/c1-31-7-8-32-12-13(11-30)17-9-14(21(24,25)26)10-18(22(27,28)29)19(17)35-20(34)33(2)16-5-3-15(23)4-6-16/h3-6,9-12,31H,7-8,30H2,1-2H3/b13-11+,32-12?. The maximum atomic E-state index is 13.8. The first-order valence-corrected chi connectivity index (χ1v) is 9.89. The van der Waals surface area contributed by atoms with Gasteiger partial charge in [0.1, 0.15) is 5.82 Å². The predicted molar refractivity (Wildman–Crippen MR) is 117 cm³/mol. The van der Waals surface area contributed by atoms with Crippen molar-refractivity contribution in [2.75, 3.05) is 32.1 Å². The second kappa shape index (κ2) is 11.2. The van der Waals surface area contributed by atoms with E-state index in [1.165, 1.54) is 0 Å². The van der Waals surface area contributed by atoms with Gasteiger partial charge in [-0.3, -0.25) is 9.89 Å². The fourth-order valence-corrected chi connectivity index (χ4v) is 2.79. The Morgan fingerprint density at radius 2 is 1.74 bits per heavy atom. The van der Waals surface area contributed by atoms with Gasteiger partial charge in [-0.05, 0) is 43.4 Å². The molecule has 1 amide bonds. The van der Waals surface area contributed by atoms with E-state index in [2.05, 4.69) is 10.3 Å². The number of amides is 1. The Morgan fingerprint density at radius 1 is 1.11 bits per heavy atom. The highest BCUT2D eigenvalue weighted by molar-refractivity contribution is 6.11. The number of rotatable bonds is 7. The molecular weight excluding hydrogens is 485 g/mol. The normalized spacial score (nSPS) is 12.8. The van der Waals surface area contributed by atoms with E-state index < -0.39 is 46.7 Å². The molecule has 0 aliphatic rings. The number of ether oxygens (including phenoxy) is 1. The second-order valence-corrected chi connectivity index (χ2v) is 7.06. The lowest BCUT2D eigenvalue weighted by Crippen LogP contribution is -2.30. The van der Waals surface area contributed by atoms with E-state index in [4.69, 9.17) is 10.5 Å². The third kappa shape index (κ3) is 7.18. The number of alkyl halides is 6. The minimum atomic E-state index is -5.33. The lowest BCUT2D eigenvalue weighted by molar-refractivity contribution is -0.143. The molecular formula is C22H21F7N4O2. The molecule has 0 saturated carbocycles. The van der Waals surface area contributed by atoms with Crippen LogP contribution in [0, 0.1) is 5.82 Å². The Labute approximate surface area is 195 Å². The molecule has 2 rings (SSSR count). The van der Waals surface area contributed by atoms with Crippen LogP contribution in [-0.4, -0.2) is 39.5 Å². The van der Waals surface area contributed by atoms with E-state index in [0.717, 1.165) is 48.6 Å². The van der Waals surface area contributed by atoms with E-state index in [-0.39, 0.29) is 23.9 Å². The van der Waals surface area contributed by atoms with Crippen LogP contribution in [0.1, 0.15) is 16.7 Å². The maximum absolute atomic E-state index is 13.8. The summed E-state index contributed by atoms with van der Waals surface area (Å²) in [6.45, 7) is 0.510. The van der Waals surface area contributed by atoms with Crippen LogP contribution in [0.3, 0.4) is 0 Å². The molecule has 0 atom stereocenters. The van der Waals surface area contributed by atoms with Gasteiger partial charge < -0.3 is 15.8 Å². The minimum Gasteiger partial charge on any atom is -0.409 e. The quantitative estimate of drug-likeness (QED) is 0.312. The number of nitrogens with one attached hydrogen (secondary N) is 1. The Morgan fingerprint density at radius 3 is 2.26 bits per heavy atom. The van der Waals surface area contributed by atoms with Crippen molar-refractivity contribution in [1.82, 2.24) is 5.32 Å². The van der Waals surface area contributed by atoms with Crippen LogP contribution in [0.15, 0.2) is 47.6 Å². The van der Waals surface area contributed by atoms with E-state index in [0.29, 0.717) is 12.6 Å². The molecule has 6 nitrogen and oxygen atoms in total. The van der Waals surface area contributed by atoms with Crippen LogP contribution in [0.4, 0.5) is 41.2 Å². The van der Waals surface area contributed by atoms with Gasteiger partial charge in [0.25, 0.3) is 0 Å². The van der Waals surface area contributed by atoms with Gasteiger partial charge in [-0.1, -0.05) is 0 Å². The Bertz CT molecular complexity index is 1090.